The second kappa shape index (κ2) is 8.91. The van der Waals surface area contributed by atoms with Gasteiger partial charge in [0, 0.05) is 12.6 Å². The highest BCUT2D eigenvalue weighted by atomic mass is 16.6. The monoisotopic (exact) mass is 296 g/mol. The van der Waals surface area contributed by atoms with Crippen LogP contribution in [-0.4, -0.2) is 30.7 Å². The molecule has 7 heteroatoms. The first-order valence-electron chi connectivity index (χ1n) is 6.84. The van der Waals surface area contributed by atoms with E-state index in [4.69, 9.17) is 9.47 Å². The summed E-state index contributed by atoms with van der Waals surface area (Å²) >= 11 is 0. The molecule has 0 heterocycles. The molecule has 116 valence electrons. The molecule has 0 atom stereocenters. The molecular formula is C14H20N2O5. The summed E-state index contributed by atoms with van der Waals surface area (Å²) in [6.07, 6.45) is 0.989. The number of hydrogen-bond donors (Lipinski definition) is 1. The maximum Gasteiger partial charge on any atom is 0.344 e. The third kappa shape index (κ3) is 5.78. The number of nitrogens with zero attached hydrogens (tertiary/aromatic N) is 1. The average Bonchev–Trinajstić information content (AvgIpc) is 2.46. The van der Waals surface area contributed by atoms with Crippen molar-refractivity contribution in [2.24, 2.45) is 0 Å². The van der Waals surface area contributed by atoms with Gasteiger partial charge >= 0.3 is 11.7 Å². The normalized spacial score (nSPS) is 10.2. The lowest BCUT2D eigenvalue weighted by atomic mass is 10.2. The second-order valence-corrected chi connectivity index (χ2v) is 4.33. The first-order chi connectivity index (χ1) is 10.1. The summed E-state index contributed by atoms with van der Waals surface area (Å²) in [5.74, 6) is -0.493. The van der Waals surface area contributed by atoms with Crippen LogP contribution >= 0.6 is 0 Å². The molecular weight excluding hydrogens is 276 g/mol. The summed E-state index contributed by atoms with van der Waals surface area (Å²) in [5, 5.41) is 14.2. The number of carbonyl (C=O) groups excluding carboxylic acids is 1. The highest BCUT2D eigenvalue weighted by molar-refractivity contribution is 5.71. The van der Waals surface area contributed by atoms with Crippen LogP contribution in [0.1, 0.15) is 25.8 Å². The Morgan fingerprint density at radius 1 is 1.38 bits per heavy atom. The quantitative estimate of drug-likeness (QED) is 0.324. The van der Waals surface area contributed by atoms with Crippen molar-refractivity contribution in [3.05, 3.63) is 33.9 Å². The number of nitro benzene ring substituents is 1. The van der Waals surface area contributed by atoms with Crippen LogP contribution in [-0.2, 0) is 16.1 Å². The van der Waals surface area contributed by atoms with Crippen LogP contribution in [0.5, 0.6) is 5.75 Å². The zero-order valence-corrected chi connectivity index (χ0v) is 12.3. The molecule has 0 unspecified atom stereocenters. The molecule has 0 radical (unpaired) electrons. The summed E-state index contributed by atoms with van der Waals surface area (Å²) in [6.45, 7) is 5.01. The molecule has 1 aromatic rings. The van der Waals surface area contributed by atoms with Gasteiger partial charge in [-0.2, -0.15) is 0 Å². The Hall–Kier alpha value is -2.15. The maximum atomic E-state index is 11.2. The van der Waals surface area contributed by atoms with Crippen molar-refractivity contribution < 1.29 is 19.2 Å². The number of esters is 1. The number of hydrogen-bond acceptors (Lipinski definition) is 6. The topological polar surface area (TPSA) is 90.7 Å². The summed E-state index contributed by atoms with van der Waals surface area (Å²) in [7, 11) is 0. The van der Waals surface area contributed by atoms with Crippen LogP contribution in [0, 0.1) is 10.1 Å². The smallest absolute Gasteiger partial charge is 0.344 e. The molecule has 0 aliphatic heterocycles. The molecule has 0 amide bonds. The van der Waals surface area contributed by atoms with E-state index in [0.29, 0.717) is 6.54 Å². The second-order valence-electron chi connectivity index (χ2n) is 4.33. The van der Waals surface area contributed by atoms with Crippen molar-refractivity contribution in [2.45, 2.75) is 26.8 Å². The van der Waals surface area contributed by atoms with E-state index in [1.54, 1.807) is 13.0 Å². The van der Waals surface area contributed by atoms with Crippen LogP contribution in [0.2, 0.25) is 0 Å². The van der Waals surface area contributed by atoms with Gasteiger partial charge in [0.05, 0.1) is 11.5 Å². The van der Waals surface area contributed by atoms with E-state index in [0.717, 1.165) is 18.5 Å². The van der Waals surface area contributed by atoms with Gasteiger partial charge in [-0.25, -0.2) is 4.79 Å². The third-order valence-corrected chi connectivity index (χ3v) is 2.63. The van der Waals surface area contributed by atoms with E-state index in [1.807, 2.05) is 6.92 Å². The molecule has 0 saturated heterocycles. The average molecular weight is 296 g/mol. The highest BCUT2D eigenvalue weighted by Gasteiger charge is 2.17. The Morgan fingerprint density at radius 2 is 2.14 bits per heavy atom. The Kier molecular flexibility index (Phi) is 7.17. The third-order valence-electron chi connectivity index (χ3n) is 2.63. The van der Waals surface area contributed by atoms with Gasteiger partial charge in [-0.05, 0) is 31.5 Å². The van der Waals surface area contributed by atoms with Gasteiger partial charge in [0.1, 0.15) is 0 Å². The molecule has 0 aliphatic rings. The minimum absolute atomic E-state index is 0.0623. The van der Waals surface area contributed by atoms with Gasteiger partial charge in [-0.3, -0.25) is 10.1 Å². The lowest BCUT2D eigenvalue weighted by Crippen LogP contribution is -2.16. The molecule has 1 N–H and O–H groups in total. The Bertz CT molecular complexity index is 490. The fourth-order valence-corrected chi connectivity index (χ4v) is 1.69. The van der Waals surface area contributed by atoms with Gasteiger partial charge < -0.3 is 14.8 Å². The number of nitro groups is 1. The minimum Gasteiger partial charge on any atom is -0.475 e. The largest absolute Gasteiger partial charge is 0.475 e. The molecule has 0 saturated carbocycles. The fourth-order valence-electron chi connectivity index (χ4n) is 1.69. The van der Waals surface area contributed by atoms with Crippen LogP contribution in [0.15, 0.2) is 18.2 Å². The van der Waals surface area contributed by atoms with E-state index in [1.165, 1.54) is 12.1 Å². The van der Waals surface area contributed by atoms with Crippen molar-refractivity contribution in [3.8, 4) is 5.75 Å². The molecule has 1 aromatic carbocycles. The number of rotatable bonds is 9. The van der Waals surface area contributed by atoms with Crippen LogP contribution < -0.4 is 10.1 Å². The number of ether oxygens (including phenoxy) is 2. The molecule has 0 fully saturated rings. The zero-order chi connectivity index (χ0) is 15.7. The predicted octanol–water partition coefficient (Wildman–Crippen LogP) is 2.04. The lowest BCUT2D eigenvalue weighted by Gasteiger charge is -2.08. The lowest BCUT2D eigenvalue weighted by molar-refractivity contribution is -0.385. The van der Waals surface area contributed by atoms with Crippen molar-refractivity contribution in [3.63, 3.8) is 0 Å². The van der Waals surface area contributed by atoms with Gasteiger partial charge in [0.25, 0.3) is 0 Å². The molecule has 0 bridgehead atoms. The molecule has 0 aromatic heterocycles. The minimum atomic E-state index is -0.555. The van der Waals surface area contributed by atoms with Crippen molar-refractivity contribution >= 4 is 11.7 Å². The van der Waals surface area contributed by atoms with E-state index in [9.17, 15) is 14.9 Å². The number of nitrogens with one attached hydrogen (secondary N) is 1. The zero-order valence-electron chi connectivity index (χ0n) is 12.3. The van der Waals surface area contributed by atoms with Gasteiger partial charge in [0.15, 0.2) is 12.4 Å². The van der Waals surface area contributed by atoms with E-state index in [-0.39, 0.29) is 24.7 Å². The SMILES string of the molecule is CCCNCc1ccc(OCC(=O)OCC)c([N+](=O)[O-])c1. The summed E-state index contributed by atoms with van der Waals surface area (Å²) in [4.78, 5) is 21.8. The maximum absolute atomic E-state index is 11.2. The van der Waals surface area contributed by atoms with Crippen molar-refractivity contribution in [1.82, 2.24) is 5.32 Å². The number of benzene rings is 1. The van der Waals surface area contributed by atoms with Crippen LogP contribution in [0.25, 0.3) is 0 Å². The van der Waals surface area contributed by atoms with E-state index < -0.39 is 10.9 Å². The number of carbonyl (C=O) groups is 1. The van der Waals surface area contributed by atoms with E-state index >= 15 is 0 Å². The molecule has 7 nitrogen and oxygen atoms in total. The molecule has 0 spiro atoms. The van der Waals surface area contributed by atoms with Crippen molar-refractivity contribution in [2.75, 3.05) is 19.8 Å². The molecule has 1 rings (SSSR count). The fraction of sp³-hybridized carbons (Fsp3) is 0.500. The standard InChI is InChI=1S/C14H20N2O5/c1-3-7-15-9-11-5-6-13(12(8-11)16(18)19)21-10-14(17)20-4-2/h5-6,8,15H,3-4,7,9-10H2,1-2H3. The molecule has 0 aliphatic carbocycles. The summed E-state index contributed by atoms with van der Waals surface area (Å²) < 4.78 is 9.87. The van der Waals surface area contributed by atoms with Crippen molar-refractivity contribution in [1.29, 1.82) is 0 Å². The highest BCUT2D eigenvalue weighted by Crippen LogP contribution is 2.28. The van der Waals surface area contributed by atoms with Gasteiger partial charge in [-0.15, -0.1) is 0 Å². The predicted molar refractivity (Wildman–Crippen MR) is 77.2 cm³/mol. The van der Waals surface area contributed by atoms with E-state index in [2.05, 4.69) is 5.32 Å². The Morgan fingerprint density at radius 3 is 2.76 bits per heavy atom. The summed E-state index contributed by atoms with van der Waals surface area (Å²) in [5.41, 5.74) is 0.633. The van der Waals surface area contributed by atoms with Gasteiger partial charge in [0.2, 0.25) is 0 Å². The Labute approximate surface area is 123 Å². The first-order valence-corrected chi connectivity index (χ1v) is 6.84. The van der Waals surface area contributed by atoms with Crippen LogP contribution in [0.4, 0.5) is 5.69 Å². The van der Waals surface area contributed by atoms with Crippen LogP contribution in [0.3, 0.4) is 0 Å². The molecule has 21 heavy (non-hydrogen) atoms. The van der Waals surface area contributed by atoms with Gasteiger partial charge in [-0.1, -0.05) is 13.0 Å². The summed E-state index contributed by atoms with van der Waals surface area (Å²) in [6, 6.07) is 4.68. The first kappa shape index (κ1) is 16.9. The Balaban J connectivity index is 2.74.